The number of anilines is 1. The maximum absolute atomic E-state index is 12.1. The van der Waals surface area contributed by atoms with Crippen LogP contribution >= 0.6 is 0 Å². The number of rotatable bonds is 3. The molecular weight excluding hydrogens is 278 g/mol. The lowest BCUT2D eigenvalue weighted by Crippen LogP contribution is -2.11. The van der Waals surface area contributed by atoms with E-state index in [1.54, 1.807) is 19.1 Å². The first-order chi connectivity index (χ1) is 10.6. The second kappa shape index (κ2) is 5.81. The SMILES string of the molecule is Cc1ccc(C(=O)Nc2ccc(-c3noc(C)n3)cc2)cc1. The van der Waals surface area contributed by atoms with Gasteiger partial charge in [-0.2, -0.15) is 4.98 Å². The Morgan fingerprint density at radius 1 is 1.00 bits per heavy atom. The van der Waals surface area contributed by atoms with Crippen LogP contribution in [0.1, 0.15) is 21.8 Å². The highest BCUT2D eigenvalue weighted by molar-refractivity contribution is 6.04. The molecule has 0 atom stereocenters. The molecule has 0 aliphatic rings. The number of aromatic nitrogens is 2. The second-order valence-electron chi connectivity index (χ2n) is 5.03. The zero-order valence-electron chi connectivity index (χ0n) is 12.3. The molecule has 3 aromatic rings. The molecular formula is C17H15N3O2. The van der Waals surface area contributed by atoms with Crippen molar-refractivity contribution >= 4 is 11.6 Å². The minimum atomic E-state index is -0.136. The number of benzene rings is 2. The van der Waals surface area contributed by atoms with E-state index in [-0.39, 0.29) is 5.91 Å². The van der Waals surface area contributed by atoms with Gasteiger partial charge in [-0.15, -0.1) is 0 Å². The highest BCUT2D eigenvalue weighted by Gasteiger charge is 2.08. The summed E-state index contributed by atoms with van der Waals surface area (Å²) in [6.45, 7) is 3.73. The van der Waals surface area contributed by atoms with E-state index < -0.39 is 0 Å². The monoisotopic (exact) mass is 293 g/mol. The highest BCUT2D eigenvalue weighted by atomic mass is 16.5. The van der Waals surface area contributed by atoms with Crippen molar-refractivity contribution in [1.29, 1.82) is 0 Å². The second-order valence-corrected chi connectivity index (χ2v) is 5.03. The third-order valence-corrected chi connectivity index (χ3v) is 3.24. The summed E-state index contributed by atoms with van der Waals surface area (Å²) in [5.41, 5.74) is 3.31. The van der Waals surface area contributed by atoms with Crippen LogP contribution in [0.25, 0.3) is 11.4 Å². The van der Waals surface area contributed by atoms with E-state index in [9.17, 15) is 4.79 Å². The molecule has 5 heteroatoms. The lowest BCUT2D eigenvalue weighted by Gasteiger charge is -2.06. The van der Waals surface area contributed by atoms with Crippen LogP contribution in [0, 0.1) is 13.8 Å². The molecule has 0 aliphatic carbocycles. The normalized spacial score (nSPS) is 10.5. The minimum absolute atomic E-state index is 0.136. The van der Waals surface area contributed by atoms with Crippen molar-refractivity contribution in [3.05, 3.63) is 65.5 Å². The average molecular weight is 293 g/mol. The molecule has 110 valence electrons. The Kier molecular flexibility index (Phi) is 3.70. The summed E-state index contributed by atoms with van der Waals surface area (Å²) in [5.74, 6) is 0.920. The van der Waals surface area contributed by atoms with Gasteiger partial charge in [0.25, 0.3) is 5.91 Å². The first kappa shape index (κ1) is 14.0. The zero-order chi connectivity index (χ0) is 15.5. The van der Waals surface area contributed by atoms with Gasteiger partial charge in [0.1, 0.15) is 0 Å². The van der Waals surface area contributed by atoms with E-state index in [0.717, 1.165) is 16.8 Å². The third kappa shape index (κ3) is 3.03. The number of carbonyl (C=O) groups excluding carboxylic acids is 1. The van der Waals surface area contributed by atoms with Crippen molar-refractivity contribution in [2.45, 2.75) is 13.8 Å². The number of aryl methyl sites for hydroxylation is 2. The predicted molar refractivity (Wildman–Crippen MR) is 83.6 cm³/mol. The van der Waals surface area contributed by atoms with Gasteiger partial charge in [0.15, 0.2) is 0 Å². The van der Waals surface area contributed by atoms with E-state index in [2.05, 4.69) is 15.5 Å². The fourth-order valence-electron chi connectivity index (χ4n) is 2.03. The summed E-state index contributed by atoms with van der Waals surface area (Å²) in [5, 5.41) is 6.72. The molecule has 0 saturated heterocycles. The first-order valence-corrected chi connectivity index (χ1v) is 6.90. The first-order valence-electron chi connectivity index (χ1n) is 6.90. The van der Waals surface area contributed by atoms with Gasteiger partial charge in [0.05, 0.1) is 0 Å². The average Bonchev–Trinajstić information content (AvgIpc) is 2.95. The maximum atomic E-state index is 12.1. The molecule has 3 rings (SSSR count). The Bertz CT molecular complexity index is 790. The van der Waals surface area contributed by atoms with Crippen LogP contribution in [0.5, 0.6) is 0 Å². The molecule has 0 fully saturated rings. The van der Waals surface area contributed by atoms with Gasteiger partial charge in [-0.3, -0.25) is 4.79 Å². The van der Waals surface area contributed by atoms with E-state index in [0.29, 0.717) is 17.3 Å². The number of hydrogen-bond donors (Lipinski definition) is 1. The van der Waals surface area contributed by atoms with Crippen molar-refractivity contribution in [2.75, 3.05) is 5.32 Å². The molecule has 22 heavy (non-hydrogen) atoms. The highest BCUT2D eigenvalue weighted by Crippen LogP contribution is 2.19. The number of hydrogen-bond acceptors (Lipinski definition) is 4. The number of carbonyl (C=O) groups is 1. The topological polar surface area (TPSA) is 68.0 Å². The Hall–Kier alpha value is -2.95. The fourth-order valence-corrected chi connectivity index (χ4v) is 2.03. The number of amides is 1. The Labute approximate surface area is 128 Å². The van der Waals surface area contributed by atoms with Crippen LogP contribution < -0.4 is 5.32 Å². The fraction of sp³-hybridized carbons (Fsp3) is 0.118. The van der Waals surface area contributed by atoms with Crippen molar-refractivity contribution in [1.82, 2.24) is 10.1 Å². The van der Waals surface area contributed by atoms with Crippen LogP contribution in [0.15, 0.2) is 53.1 Å². The summed E-state index contributed by atoms with van der Waals surface area (Å²) in [6.07, 6.45) is 0. The number of nitrogens with zero attached hydrogens (tertiary/aromatic N) is 2. The van der Waals surface area contributed by atoms with Gasteiger partial charge < -0.3 is 9.84 Å². The molecule has 0 saturated carbocycles. The largest absolute Gasteiger partial charge is 0.339 e. The van der Waals surface area contributed by atoms with Crippen molar-refractivity contribution < 1.29 is 9.32 Å². The van der Waals surface area contributed by atoms with Crippen LogP contribution in [0.2, 0.25) is 0 Å². The molecule has 1 heterocycles. The molecule has 0 bridgehead atoms. The quantitative estimate of drug-likeness (QED) is 0.801. The summed E-state index contributed by atoms with van der Waals surface area (Å²) in [4.78, 5) is 16.3. The maximum Gasteiger partial charge on any atom is 0.255 e. The molecule has 0 unspecified atom stereocenters. The Balaban J connectivity index is 1.73. The molecule has 1 N–H and O–H groups in total. The molecule has 0 spiro atoms. The van der Waals surface area contributed by atoms with Gasteiger partial charge >= 0.3 is 0 Å². The predicted octanol–water partition coefficient (Wildman–Crippen LogP) is 3.61. The van der Waals surface area contributed by atoms with Gasteiger partial charge in [-0.25, -0.2) is 0 Å². The minimum Gasteiger partial charge on any atom is -0.339 e. The summed E-state index contributed by atoms with van der Waals surface area (Å²) in [7, 11) is 0. The molecule has 0 aliphatic heterocycles. The molecule has 1 aromatic heterocycles. The van der Waals surface area contributed by atoms with E-state index in [1.165, 1.54) is 0 Å². The Morgan fingerprint density at radius 3 is 2.27 bits per heavy atom. The van der Waals surface area contributed by atoms with Gasteiger partial charge in [0, 0.05) is 23.7 Å². The van der Waals surface area contributed by atoms with Crippen LogP contribution in [-0.4, -0.2) is 16.0 Å². The van der Waals surface area contributed by atoms with Crippen LogP contribution in [-0.2, 0) is 0 Å². The van der Waals surface area contributed by atoms with E-state index in [4.69, 9.17) is 4.52 Å². The molecule has 5 nitrogen and oxygen atoms in total. The molecule has 2 aromatic carbocycles. The zero-order valence-corrected chi connectivity index (χ0v) is 12.3. The van der Waals surface area contributed by atoms with Crippen molar-refractivity contribution in [3.8, 4) is 11.4 Å². The van der Waals surface area contributed by atoms with E-state index >= 15 is 0 Å². The smallest absolute Gasteiger partial charge is 0.255 e. The molecule has 1 amide bonds. The van der Waals surface area contributed by atoms with Gasteiger partial charge in [-0.05, 0) is 43.3 Å². The lowest BCUT2D eigenvalue weighted by molar-refractivity contribution is 0.102. The van der Waals surface area contributed by atoms with Crippen LogP contribution in [0.4, 0.5) is 5.69 Å². The third-order valence-electron chi connectivity index (χ3n) is 3.24. The van der Waals surface area contributed by atoms with E-state index in [1.807, 2.05) is 43.3 Å². The van der Waals surface area contributed by atoms with Gasteiger partial charge in [-0.1, -0.05) is 22.9 Å². The van der Waals surface area contributed by atoms with Crippen molar-refractivity contribution in [2.24, 2.45) is 0 Å². The standard InChI is InChI=1S/C17H15N3O2/c1-11-3-5-14(6-4-11)17(21)19-15-9-7-13(8-10-15)16-18-12(2)22-20-16/h3-10H,1-2H3,(H,19,21). The summed E-state index contributed by atoms with van der Waals surface area (Å²) < 4.78 is 4.95. The summed E-state index contributed by atoms with van der Waals surface area (Å²) in [6, 6.07) is 14.7. The lowest BCUT2D eigenvalue weighted by atomic mass is 10.1. The van der Waals surface area contributed by atoms with Gasteiger partial charge in [0.2, 0.25) is 11.7 Å². The Morgan fingerprint density at radius 2 is 1.68 bits per heavy atom. The molecule has 0 radical (unpaired) electrons. The van der Waals surface area contributed by atoms with Crippen LogP contribution in [0.3, 0.4) is 0 Å². The number of nitrogens with one attached hydrogen (secondary N) is 1. The van der Waals surface area contributed by atoms with Crippen molar-refractivity contribution in [3.63, 3.8) is 0 Å². The summed E-state index contributed by atoms with van der Waals surface area (Å²) >= 11 is 0.